The summed E-state index contributed by atoms with van der Waals surface area (Å²) in [7, 11) is -0.545. The Morgan fingerprint density at radius 2 is 1.50 bits per heavy atom. The van der Waals surface area contributed by atoms with Gasteiger partial charge in [0.1, 0.15) is 0 Å². The molecule has 0 saturated carbocycles. The molecular formula is C24H30BNO4. The van der Waals surface area contributed by atoms with E-state index in [1.165, 1.54) is 4.90 Å². The van der Waals surface area contributed by atoms with E-state index in [1.807, 2.05) is 58.0 Å². The van der Waals surface area contributed by atoms with Gasteiger partial charge in [-0.2, -0.15) is 0 Å². The number of imide groups is 1. The molecule has 2 aliphatic heterocycles. The molecule has 2 aliphatic rings. The van der Waals surface area contributed by atoms with E-state index in [0.717, 1.165) is 36.5 Å². The van der Waals surface area contributed by atoms with Gasteiger partial charge in [-0.05, 0) is 57.1 Å². The summed E-state index contributed by atoms with van der Waals surface area (Å²) in [6.45, 7) is 10.7. The summed E-state index contributed by atoms with van der Waals surface area (Å²) in [5.74, 6) is -0.415. The van der Waals surface area contributed by atoms with E-state index in [9.17, 15) is 9.59 Å². The van der Waals surface area contributed by atoms with Crippen molar-refractivity contribution in [3.05, 3.63) is 41.5 Å². The normalized spacial score (nSPS) is 19.8. The van der Waals surface area contributed by atoms with Crippen molar-refractivity contribution in [3.8, 4) is 0 Å². The fourth-order valence-electron chi connectivity index (χ4n) is 4.24. The second kappa shape index (κ2) is 7.50. The van der Waals surface area contributed by atoms with Crippen LogP contribution in [0.4, 0.5) is 0 Å². The van der Waals surface area contributed by atoms with Gasteiger partial charge in [-0.1, -0.05) is 44.4 Å². The van der Waals surface area contributed by atoms with Gasteiger partial charge in [0.05, 0.1) is 11.2 Å². The highest BCUT2D eigenvalue weighted by molar-refractivity contribution is 6.65. The third-order valence-corrected chi connectivity index (χ3v) is 6.77. The maximum atomic E-state index is 13.2. The van der Waals surface area contributed by atoms with Gasteiger partial charge in [0.25, 0.3) is 11.8 Å². The molecule has 158 valence electrons. The smallest absolute Gasteiger partial charge is 0.399 e. The van der Waals surface area contributed by atoms with Crippen molar-refractivity contribution in [2.75, 3.05) is 6.54 Å². The fraction of sp³-hybridized carbons (Fsp3) is 0.500. The minimum absolute atomic E-state index is 0.208. The van der Waals surface area contributed by atoms with E-state index in [4.69, 9.17) is 9.31 Å². The van der Waals surface area contributed by atoms with Crippen LogP contribution in [0.25, 0.3) is 10.8 Å². The lowest BCUT2D eigenvalue weighted by atomic mass is 9.74. The van der Waals surface area contributed by atoms with Gasteiger partial charge in [-0.25, -0.2) is 0 Å². The number of hydrogen-bond acceptors (Lipinski definition) is 4. The molecule has 6 heteroatoms. The standard InChI is InChI=1S/C24H30BNO4/c1-6-7-8-9-15-26-21(27)17-12-10-11-16-19(14-13-18(20(16)17)22(26)28)25-29-23(2,3)24(4,5)30-25/h10-14H,6-9,15H2,1-5H3. The minimum Gasteiger partial charge on any atom is -0.399 e. The third kappa shape index (κ3) is 3.26. The Kier molecular flexibility index (Phi) is 5.27. The molecule has 5 nitrogen and oxygen atoms in total. The highest BCUT2D eigenvalue weighted by Gasteiger charge is 2.52. The Hall–Kier alpha value is -2.18. The number of nitrogens with zero attached hydrogens (tertiary/aromatic N) is 1. The molecule has 0 N–H and O–H groups in total. The summed E-state index contributed by atoms with van der Waals surface area (Å²) in [6, 6.07) is 9.36. The molecule has 2 amide bonds. The average molecular weight is 407 g/mol. The van der Waals surface area contributed by atoms with Gasteiger partial charge in [-0.15, -0.1) is 0 Å². The monoisotopic (exact) mass is 407 g/mol. The predicted octanol–water partition coefficient (Wildman–Crippen LogP) is 4.32. The predicted molar refractivity (Wildman–Crippen MR) is 119 cm³/mol. The first-order valence-corrected chi connectivity index (χ1v) is 11.0. The van der Waals surface area contributed by atoms with E-state index < -0.39 is 18.3 Å². The van der Waals surface area contributed by atoms with Crippen molar-refractivity contribution < 1.29 is 18.9 Å². The Balaban J connectivity index is 1.73. The van der Waals surface area contributed by atoms with Crippen LogP contribution < -0.4 is 5.46 Å². The van der Waals surface area contributed by atoms with Gasteiger partial charge in [0, 0.05) is 23.1 Å². The highest BCUT2D eigenvalue weighted by atomic mass is 16.7. The second-order valence-electron chi connectivity index (χ2n) is 9.34. The Morgan fingerprint density at radius 3 is 2.13 bits per heavy atom. The Labute approximate surface area is 178 Å². The molecular weight excluding hydrogens is 377 g/mol. The Bertz CT molecular complexity index is 975. The molecule has 4 rings (SSSR count). The maximum absolute atomic E-state index is 13.2. The SMILES string of the molecule is CCCCCCN1C(=O)c2cccc3c(B4OC(C)(C)C(C)(C)O4)ccc(c23)C1=O. The fourth-order valence-corrected chi connectivity index (χ4v) is 4.24. The number of hydrogen-bond donors (Lipinski definition) is 0. The van der Waals surface area contributed by atoms with Crippen molar-refractivity contribution in [1.29, 1.82) is 0 Å². The zero-order chi connectivity index (χ0) is 21.7. The van der Waals surface area contributed by atoms with Crippen LogP contribution in [0.3, 0.4) is 0 Å². The summed E-state index contributed by atoms with van der Waals surface area (Å²) in [4.78, 5) is 27.7. The van der Waals surface area contributed by atoms with Crippen LogP contribution in [-0.2, 0) is 9.31 Å². The summed E-state index contributed by atoms with van der Waals surface area (Å²) in [5.41, 5.74) is 1.09. The summed E-state index contributed by atoms with van der Waals surface area (Å²) < 4.78 is 12.5. The van der Waals surface area contributed by atoms with Crippen LogP contribution in [0.1, 0.15) is 81.0 Å². The maximum Gasteiger partial charge on any atom is 0.495 e. The van der Waals surface area contributed by atoms with Crippen molar-refractivity contribution in [1.82, 2.24) is 4.90 Å². The van der Waals surface area contributed by atoms with E-state index >= 15 is 0 Å². The summed E-state index contributed by atoms with van der Waals surface area (Å²) >= 11 is 0. The lowest BCUT2D eigenvalue weighted by molar-refractivity contribution is 0.00578. The number of benzene rings is 2. The van der Waals surface area contributed by atoms with E-state index in [0.29, 0.717) is 23.1 Å². The molecule has 0 aromatic heterocycles. The quantitative estimate of drug-likeness (QED) is 0.407. The van der Waals surface area contributed by atoms with Crippen molar-refractivity contribution in [3.63, 3.8) is 0 Å². The van der Waals surface area contributed by atoms with Gasteiger partial charge in [0.15, 0.2) is 0 Å². The number of unbranched alkanes of at least 4 members (excludes halogenated alkanes) is 3. The number of carbonyl (C=O) groups is 2. The first-order valence-electron chi connectivity index (χ1n) is 11.0. The molecule has 0 unspecified atom stereocenters. The molecule has 0 bridgehead atoms. The van der Waals surface area contributed by atoms with E-state index in [-0.39, 0.29) is 11.8 Å². The summed E-state index contributed by atoms with van der Waals surface area (Å²) in [6.07, 6.45) is 4.08. The van der Waals surface area contributed by atoms with Gasteiger partial charge >= 0.3 is 7.12 Å². The van der Waals surface area contributed by atoms with E-state index in [2.05, 4.69) is 6.92 Å². The molecule has 2 aromatic rings. The Morgan fingerprint density at radius 1 is 0.867 bits per heavy atom. The van der Waals surface area contributed by atoms with Crippen LogP contribution >= 0.6 is 0 Å². The average Bonchev–Trinajstić information content (AvgIpc) is 2.92. The molecule has 0 aliphatic carbocycles. The molecule has 1 fully saturated rings. The lowest BCUT2D eigenvalue weighted by Gasteiger charge is -2.32. The molecule has 2 aromatic carbocycles. The highest BCUT2D eigenvalue weighted by Crippen LogP contribution is 2.38. The minimum atomic E-state index is -0.545. The molecule has 2 heterocycles. The molecule has 0 radical (unpaired) electrons. The van der Waals surface area contributed by atoms with Crippen molar-refractivity contribution in [2.45, 2.75) is 71.5 Å². The van der Waals surface area contributed by atoms with Gasteiger partial charge in [0.2, 0.25) is 0 Å². The van der Waals surface area contributed by atoms with E-state index in [1.54, 1.807) is 0 Å². The largest absolute Gasteiger partial charge is 0.495 e. The van der Waals surface area contributed by atoms with Gasteiger partial charge in [-0.3, -0.25) is 14.5 Å². The molecule has 1 saturated heterocycles. The van der Waals surface area contributed by atoms with Crippen molar-refractivity contribution in [2.24, 2.45) is 0 Å². The van der Waals surface area contributed by atoms with Crippen LogP contribution in [-0.4, -0.2) is 41.6 Å². The van der Waals surface area contributed by atoms with Crippen LogP contribution in [0.15, 0.2) is 30.3 Å². The molecule has 0 atom stereocenters. The second-order valence-corrected chi connectivity index (χ2v) is 9.34. The number of rotatable bonds is 6. The number of amides is 2. The molecule has 30 heavy (non-hydrogen) atoms. The zero-order valence-electron chi connectivity index (χ0n) is 18.6. The number of carbonyl (C=O) groups excluding carboxylic acids is 2. The topological polar surface area (TPSA) is 55.8 Å². The van der Waals surface area contributed by atoms with Crippen molar-refractivity contribution >= 4 is 35.2 Å². The first-order chi connectivity index (χ1) is 14.2. The zero-order valence-corrected chi connectivity index (χ0v) is 18.6. The van der Waals surface area contributed by atoms with Crippen LogP contribution in [0, 0.1) is 0 Å². The lowest BCUT2D eigenvalue weighted by Crippen LogP contribution is -2.42. The summed E-state index contributed by atoms with van der Waals surface area (Å²) in [5, 5.41) is 1.56. The third-order valence-electron chi connectivity index (χ3n) is 6.77. The van der Waals surface area contributed by atoms with Gasteiger partial charge < -0.3 is 9.31 Å². The van der Waals surface area contributed by atoms with Crippen LogP contribution in [0.2, 0.25) is 0 Å². The first kappa shape index (κ1) is 21.1. The van der Waals surface area contributed by atoms with Crippen LogP contribution in [0.5, 0.6) is 0 Å². The molecule has 0 spiro atoms.